The first-order valence-electron chi connectivity index (χ1n) is 15.5. The van der Waals surface area contributed by atoms with Crippen molar-refractivity contribution in [3.8, 4) is 22.6 Å². The Balaban J connectivity index is 0.000000168. The quantitative estimate of drug-likeness (QED) is 0.192. The molecule has 1 aliphatic rings. The number of halogens is 1. The lowest BCUT2D eigenvalue weighted by atomic mass is 9.79. The van der Waals surface area contributed by atoms with Gasteiger partial charge in [-0.2, -0.15) is 0 Å². The van der Waals surface area contributed by atoms with Gasteiger partial charge in [-0.25, -0.2) is 4.39 Å². The van der Waals surface area contributed by atoms with Crippen molar-refractivity contribution in [3.05, 3.63) is 135 Å². The first-order valence-corrected chi connectivity index (χ1v) is 14.5. The van der Waals surface area contributed by atoms with Crippen molar-refractivity contribution < 1.29 is 25.3 Å². The number of rotatable bonds is 4. The molecule has 1 fully saturated rings. The molecular weight excluding hydrogens is 569 g/mol. The molecule has 0 radical (unpaired) electrons. The maximum absolute atomic E-state index is 13.2. The Morgan fingerprint density at radius 1 is 0.644 bits per heavy atom. The van der Waals surface area contributed by atoms with Crippen molar-refractivity contribution in [2.75, 3.05) is 0 Å². The van der Waals surface area contributed by atoms with E-state index in [4.69, 9.17) is 20.9 Å². The predicted octanol–water partition coefficient (Wildman–Crippen LogP) is 7.69. The Kier molecular flexibility index (Phi) is 7.37. The van der Waals surface area contributed by atoms with Crippen molar-refractivity contribution in [1.82, 2.24) is 0 Å². The first kappa shape index (κ1) is 27.7. The van der Waals surface area contributed by atoms with E-state index in [-0.39, 0.29) is 27.6 Å². The lowest BCUT2D eigenvalue weighted by Crippen LogP contribution is -2.41. The third-order valence-corrected chi connectivity index (χ3v) is 8.27. The molecular formula is C37H32BFO6. The molecule has 0 spiro atoms. The molecule has 2 aromatic heterocycles. The molecule has 0 N–H and O–H groups in total. The summed E-state index contributed by atoms with van der Waals surface area (Å²) in [7, 11) is -0.405. The number of alkyl halides is 1. The van der Waals surface area contributed by atoms with Crippen LogP contribution in [0.3, 0.4) is 0 Å². The van der Waals surface area contributed by atoms with Crippen LogP contribution in [-0.2, 0) is 15.9 Å². The molecule has 4 aromatic carbocycles. The minimum absolute atomic E-state index is 0.0446. The minimum Gasteiger partial charge on any atom is -0.456 e. The molecule has 7 rings (SSSR count). The summed E-state index contributed by atoms with van der Waals surface area (Å²) < 4.78 is 50.9. The molecule has 0 aliphatic carbocycles. The number of hydrogen-bond donors (Lipinski definition) is 0. The summed E-state index contributed by atoms with van der Waals surface area (Å²) in [5.74, 6) is 0.916. The zero-order valence-electron chi connectivity index (χ0n) is 27.3. The van der Waals surface area contributed by atoms with Crippen LogP contribution >= 0.6 is 0 Å². The Labute approximate surface area is 263 Å². The minimum atomic E-state index is -2.89. The molecule has 3 heterocycles. The molecule has 6 aromatic rings. The Hall–Kier alpha value is -4.79. The maximum Gasteiger partial charge on any atom is 0.494 e. The van der Waals surface area contributed by atoms with E-state index in [1.54, 1.807) is 36.4 Å². The largest absolute Gasteiger partial charge is 0.494 e. The van der Waals surface area contributed by atoms with E-state index in [1.165, 1.54) is 36.4 Å². The van der Waals surface area contributed by atoms with Crippen LogP contribution in [-0.4, -0.2) is 18.3 Å². The molecule has 0 saturated carbocycles. The second-order valence-corrected chi connectivity index (χ2v) is 11.8. The van der Waals surface area contributed by atoms with Gasteiger partial charge in [0.15, 0.2) is 10.9 Å². The fourth-order valence-electron chi connectivity index (χ4n) is 4.97. The highest BCUT2D eigenvalue weighted by Gasteiger charge is 2.51. The van der Waals surface area contributed by atoms with Gasteiger partial charge in [0.1, 0.15) is 29.3 Å². The summed E-state index contributed by atoms with van der Waals surface area (Å²) in [6.07, 6.45) is 0. The van der Waals surface area contributed by atoms with Crippen molar-refractivity contribution in [2.45, 2.75) is 45.5 Å². The van der Waals surface area contributed by atoms with Gasteiger partial charge in [0.2, 0.25) is 0 Å². The second-order valence-electron chi connectivity index (χ2n) is 11.8. The second kappa shape index (κ2) is 12.0. The van der Waals surface area contributed by atoms with Crippen LogP contribution in [0.15, 0.2) is 128 Å². The topological polar surface area (TPSA) is 78.9 Å². The molecule has 1 aliphatic heterocycles. The van der Waals surface area contributed by atoms with E-state index in [0.717, 1.165) is 11.0 Å². The average molecular weight is 603 g/mol. The van der Waals surface area contributed by atoms with Gasteiger partial charge >= 0.3 is 7.12 Å². The fraction of sp³-hybridized carbons (Fsp3) is 0.189. The van der Waals surface area contributed by atoms with Gasteiger partial charge in [0.05, 0.1) is 24.7 Å². The van der Waals surface area contributed by atoms with Crippen LogP contribution in [0.25, 0.3) is 44.6 Å². The maximum atomic E-state index is 13.2. The summed E-state index contributed by atoms with van der Waals surface area (Å²) in [5.41, 5.74) is 2.41. The van der Waals surface area contributed by atoms with Crippen LogP contribution in [0.5, 0.6) is 0 Å². The Morgan fingerprint density at radius 3 is 1.51 bits per heavy atom. The van der Waals surface area contributed by atoms with Gasteiger partial charge in [-0.05, 0) is 63.0 Å². The molecule has 0 atom stereocenters. The number of benzene rings is 4. The molecule has 1 saturated heterocycles. The van der Waals surface area contributed by atoms with E-state index in [1.807, 2.05) is 64.1 Å². The molecule has 0 bridgehead atoms. The third-order valence-electron chi connectivity index (χ3n) is 8.27. The Morgan fingerprint density at radius 2 is 1.07 bits per heavy atom. The van der Waals surface area contributed by atoms with Gasteiger partial charge < -0.3 is 18.1 Å². The molecule has 0 amide bonds. The zero-order chi connectivity index (χ0) is 33.6. The summed E-state index contributed by atoms with van der Waals surface area (Å²) >= 11 is 0. The van der Waals surface area contributed by atoms with Crippen LogP contribution in [0.2, 0.25) is 0 Å². The van der Waals surface area contributed by atoms with Crippen LogP contribution < -0.4 is 16.3 Å². The zero-order valence-corrected chi connectivity index (χ0v) is 25.3. The fourth-order valence-corrected chi connectivity index (χ4v) is 4.97. The SMILES string of the molecule is CC1(C)OB(c2ccc(-c3cc(=O)c4ccccc4o3)cc2)OC1(C)C.[2H]C([2H])([18F])c1ccc(-c2cc(=O)c3ccccc3o2)cc1. The van der Waals surface area contributed by atoms with Crippen molar-refractivity contribution in [1.29, 1.82) is 0 Å². The summed E-state index contributed by atoms with van der Waals surface area (Å²) in [5, 5.41) is 1.09. The van der Waals surface area contributed by atoms with Crippen LogP contribution in [0.1, 0.15) is 36.0 Å². The van der Waals surface area contributed by atoms with E-state index >= 15 is 0 Å². The average Bonchev–Trinajstić information content (AvgIpc) is 3.27. The summed E-state index contributed by atoms with van der Waals surface area (Å²) in [6.45, 7) is 5.25. The lowest BCUT2D eigenvalue weighted by Gasteiger charge is -2.32. The normalized spacial score (nSPS) is 16.2. The standard InChI is InChI=1S/C21H21BO4.C16H11FO2/c1-20(2)21(3,4)26-22(25-20)15-11-9-14(10-12-15)19-13-17(23)16-7-5-6-8-18(16)24-19;17-10-11-5-7-12(8-6-11)16-9-14(18)13-3-1-2-4-15(13)19-16/h5-13H,1-4H3;1-9H,10H2/i;10D2,17-1. The van der Waals surface area contributed by atoms with Gasteiger partial charge in [0, 0.05) is 23.3 Å². The predicted molar refractivity (Wildman–Crippen MR) is 176 cm³/mol. The highest BCUT2D eigenvalue weighted by Crippen LogP contribution is 2.36. The summed E-state index contributed by atoms with van der Waals surface area (Å²) in [6, 6.07) is 30.6. The Bertz CT molecular complexity index is 2170. The van der Waals surface area contributed by atoms with E-state index in [0.29, 0.717) is 39.0 Å². The van der Waals surface area contributed by atoms with Crippen LogP contribution in [0.4, 0.5) is 4.39 Å². The van der Waals surface area contributed by atoms with Crippen LogP contribution in [0, 0.1) is 0 Å². The van der Waals surface area contributed by atoms with Crippen molar-refractivity contribution >= 4 is 34.5 Å². The van der Waals surface area contributed by atoms with E-state index < -0.39 is 13.7 Å². The summed E-state index contributed by atoms with van der Waals surface area (Å²) in [4.78, 5) is 24.3. The molecule has 6 nitrogen and oxygen atoms in total. The van der Waals surface area contributed by atoms with Gasteiger partial charge in [-0.3, -0.25) is 9.59 Å². The van der Waals surface area contributed by atoms with E-state index in [9.17, 15) is 14.0 Å². The van der Waals surface area contributed by atoms with Gasteiger partial charge in [0.25, 0.3) is 0 Å². The highest BCUT2D eigenvalue weighted by atomic mass is 18.2. The molecule has 8 heteroatoms. The lowest BCUT2D eigenvalue weighted by molar-refractivity contribution is 0.00578. The van der Waals surface area contributed by atoms with Crippen molar-refractivity contribution in [2.24, 2.45) is 0 Å². The van der Waals surface area contributed by atoms with Crippen molar-refractivity contribution in [3.63, 3.8) is 0 Å². The molecule has 0 unspecified atom stereocenters. The van der Waals surface area contributed by atoms with E-state index in [2.05, 4.69) is 0 Å². The first-order chi connectivity index (χ1) is 22.2. The highest BCUT2D eigenvalue weighted by molar-refractivity contribution is 6.62. The molecule has 226 valence electrons. The number of para-hydroxylation sites is 2. The number of hydrogen-bond acceptors (Lipinski definition) is 6. The van der Waals surface area contributed by atoms with Gasteiger partial charge in [-0.1, -0.05) is 72.8 Å². The smallest absolute Gasteiger partial charge is 0.456 e. The molecule has 45 heavy (non-hydrogen) atoms. The third kappa shape index (κ3) is 6.12. The monoisotopic (exact) mass is 603 g/mol. The number of fused-ring (bicyclic) bond motifs is 2. The van der Waals surface area contributed by atoms with Gasteiger partial charge in [-0.15, -0.1) is 0 Å².